The maximum Gasteiger partial charge on any atom is 0.225 e. The first-order valence-electron chi connectivity index (χ1n) is 8.53. The van der Waals surface area contributed by atoms with Crippen LogP contribution in [0.4, 0.5) is 0 Å². The SMILES string of the molecule is CC(C)CN1C[C@H](C(=O)NCc2ccnc(-n3cccn3)c2)CC1=O. The predicted molar refractivity (Wildman–Crippen MR) is 92.7 cm³/mol. The lowest BCUT2D eigenvalue weighted by atomic mass is 10.1. The van der Waals surface area contributed by atoms with Gasteiger partial charge in [-0.1, -0.05) is 13.8 Å². The summed E-state index contributed by atoms with van der Waals surface area (Å²) < 4.78 is 1.67. The Hall–Kier alpha value is -2.70. The normalized spacial score (nSPS) is 17.3. The van der Waals surface area contributed by atoms with Crippen molar-refractivity contribution in [2.75, 3.05) is 13.1 Å². The number of pyridine rings is 1. The minimum atomic E-state index is -0.265. The summed E-state index contributed by atoms with van der Waals surface area (Å²) in [5, 5.41) is 7.08. The largest absolute Gasteiger partial charge is 0.352 e. The van der Waals surface area contributed by atoms with Crippen molar-refractivity contribution in [1.82, 2.24) is 25.0 Å². The zero-order valence-electron chi connectivity index (χ0n) is 14.6. The Morgan fingerprint density at radius 1 is 1.40 bits per heavy atom. The van der Waals surface area contributed by atoms with Crippen molar-refractivity contribution in [3.8, 4) is 5.82 Å². The number of rotatable bonds is 6. The topological polar surface area (TPSA) is 80.1 Å². The van der Waals surface area contributed by atoms with Crippen LogP contribution in [-0.4, -0.2) is 44.6 Å². The van der Waals surface area contributed by atoms with Crippen LogP contribution in [0, 0.1) is 11.8 Å². The second-order valence-corrected chi connectivity index (χ2v) is 6.78. The summed E-state index contributed by atoms with van der Waals surface area (Å²) in [7, 11) is 0. The maximum atomic E-state index is 12.4. The Morgan fingerprint density at radius 2 is 2.24 bits per heavy atom. The van der Waals surface area contributed by atoms with E-state index < -0.39 is 0 Å². The standard InChI is InChI=1S/C18H23N5O2/c1-13(2)11-22-12-15(9-17(22)24)18(25)20-10-14-4-6-19-16(8-14)23-7-3-5-21-23/h3-8,13,15H,9-12H2,1-2H3,(H,20,25)/t15-/m1/s1. The molecule has 0 aliphatic carbocycles. The molecular weight excluding hydrogens is 318 g/mol. The third-order valence-corrected chi connectivity index (χ3v) is 4.19. The molecule has 2 aromatic heterocycles. The number of likely N-dealkylation sites (tertiary alicyclic amines) is 1. The van der Waals surface area contributed by atoms with Crippen molar-refractivity contribution in [2.45, 2.75) is 26.8 Å². The molecule has 2 amide bonds. The smallest absolute Gasteiger partial charge is 0.225 e. The van der Waals surface area contributed by atoms with E-state index in [1.165, 1.54) is 0 Å². The van der Waals surface area contributed by atoms with E-state index in [9.17, 15) is 9.59 Å². The van der Waals surface area contributed by atoms with Crippen molar-refractivity contribution in [2.24, 2.45) is 11.8 Å². The quantitative estimate of drug-likeness (QED) is 0.861. The first-order valence-corrected chi connectivity index (χ1v) is 8.53. The Morgan fingerprint density at radius 3 is 2.96 bits per heavy atom. The summed E-state index contributed by atoms with van der Waals surface area (Å²) in [6, 6.07) is 5.58. The molecule has 7 nitrogen and oxygen atoms in total. The lowest BCUT2D eigenvalue weighted by Crippen LogP contribution is -2.33. The number of carbonyl (C=O) groups excluding carboxylic acids is 2. The maximum absolute atomic E-state index is 12.4. The third-order valence-electron chi connectivity index (χ3n) is 4.19. The summed E-state index contributed by atoms with van der Waals surface area (Å²) in [4.78, 5) is 30.4. The van der Waals surface area contributed by atoms with E-state index >= 15 is 0 Å². The van der Waals surface area contributed by atoms with Gasteiger partial charge < -0.3 is 10.2 Å². The van der Waals surface area contributed by atoms with Gasteiger partial charge in [-0.2, -0.15) is 5.10 Å². The highest BCUT2D eigenvalue weighted by Crippen LogP contribution is 2.19. The van der Waals surface area contributed by atoms with Crippen molar-refractivity contribution in [3.63, 3.8) is 0 Å². The fraction of sp³-hybridized carbons (Fsp3) is 0.444. The van der Waals surface area contributed by atoms with Crippen LogP contribution in [0.5, 0.6) is 0 Å². The van der Waals surface area contributed by atoms with Crippen LogP contribution < -0.4 is 5.32 Å². The van der Waals surface area contributed by atoms with E-state index in [4.69, 9.17) is 0 Å². The van der Waals surface area contributed by atoms with Gasteiger partial charge in [-0.3, -0.25) is 9.59 Å². The molecule has 1 fully saturated rings. The number of nitrogens with zero attached hydrogens (tertiary/aromatic N) is 4. The number of hydrogen-bond acceptors (Lipinski definition) is 4. The number of amides is 2. The molecule has 1 aliphatic rings. The number of nitrogens with one attached hydrogen (secondary N) is 1. The molecule has 25 heavy (non-hydrogen) atoms. The molecule has 3 rings (SSSR count). The van der Waals surface area contributed by atoms with Crippen molar-refractivity contribution in [3.05, 3.63) is 42.4 Å². The van der Waals surface area contributed by atoms with Crippen LogP contribution in [0.25, 0.3) is 5.82 Å². The van der Waals surface area contributed by atoms with Crippen molar-refractivity contribution in [1.29, 1.82) is 0 Å². The average Bonchev–Trinajstić information content (AvgIpc) is 3.23. The molecule has 1 atom stereocenters. The van der Waals surface area contributed by atoms with Gasteiger partial charge in [0.2, 0.25) is 11.8 Å². The molecular formula is C18H23N5O2. The predicted octanol–water partition coefficient (Wildman–Crippen LogP) is 1.39. The van der Waals surface area contributed by atoms with Gasteiger partial charge >= 0.3 is 0 Å². The highest BCUT2D eigenvalue weighted by Gasteiger charge is 2.34. The first-order chi connectivity index (χ1) is 12.0. The molecule has 2 aromatic rings. The Balaban J connectivity index is 1.56. The zero-order chi connectivity index (χ0) is 17.8. The van der Waals surface area contributed by atoms with E-state index in [0.29, 0.717) is 37.8 Å². The molecule has 0 unspecified atom stereocenters. The second-order valence-electron chi connectivity index (χ2n) is 6.78. The minimum absolute atomic E-state index is 0.0683. The zero-order valence-corrected chi connectivity index (χ0v) is 14.6. The van der Waals surface area contributed by atoms with Crippen LogP contribution in [0.15, 0.2) is 36.8 Å². The van der Waals surface area contributed by atoms with E-state index in [0.717, 1.165) is 5.56 Å². The highest BCUT2D eigenvalue weighted by atomic mass is 16.2. The van der Waals surface area contributed by atoms with Crippen molar-refractivity contribution >= 4 is 11.8 Å². The van der Waals surface area contributed by atoms with Gasteiger partial charge in [-0.05, 0) is 29.7 Å². The van der Waals surface area contributed by atoms with Crippen LogP contribution in [0.2, 0.25) is 0 Å². The van der Waals surface area contributed by atoms with Crippen molar-refractivity contribution < 1.29 is 9.59 Å². The first kappa shape index (κ1) is 17.1. The van der Waals surface area contributed by atoms with Gasteiger partial charge in [0.25, 0.3) is 0 Å². The molecule has 1 saturated heterocycles. The average molecular weight is 341 g/mol. The Bertz CT molecular complexity index is 742. The van der Waals surface area contributed by atoms with Crippen LogP contribution >= 0.6 is 0 Å². The number of aromatic nitrogens is 3. The molecule has 3 heterocycles. The Labute approximate surface area is 147 Å². The van der Waals surface area contributed by atoms with Crippen LogP contribution in [0.1, 0.15) is 25.8 Å². The van der Waals surface area contributed by atoms with Gasteiger partial charge in [-0.25, -0.2) is 9.67 Å². The third kappa shape index (κ3) is 4.23. The van der Waals surface area contributed by atoms with Crippen LogP contribution in [-0.2, 0) is 16.1 Å². The summed E-state index contributed by atoms with van der Waals surface area (Å²) >= 11 is 0. The highest BCUT2D eigenvalue weighted by molar-refractivity contribution is 5.89. The van der Waals surface area contributed by atoms with E-state index in [1.807, 2.05) is 24.4 Å². The summed E-state index contributed by atoms with van der Waals surface area (Å²) in [5.41, 5.74) is 0.942. The lowest BCUT2D eigenvalue weighted by molar-refractivity contribution is -0.129. The molecule has 0 radical (unpaired) electrons. The molecule has 0 aromatic carbocycles. The number of hydrogen-bond donors (Lipinski definition) is 1. The summed E-state index contributed by atoms with van der Waals surface area (Å²) in [5.74, 6) is 0.841. The van der Waals surface area contributed by atoms with Gasteiger partial charge in [0.15, 0.2) is 5.82 Å². The molecule has 1 N–H and O–H groups in total. The molecule has 132 valence electrons. The van der Waals surface area contributed by atoms with Gasteiger partial charge in [0, 0.05) is 44.6 Å². The molecule has 0 bridgehead atoms. The second kappa shape index (κ2) is 7.46. The van der Waals surface area contributed by atoms with E-state index in [1.54, 1.807) is 22.0 Å². The molecule has 0 saturated carbocycles. The van der Waals surface area contributed by atoms with Crippen LogP contribution in [0.3, 0.4) is 0 Å². The Kier molecular flexibility index (Phi) is 5.11. The van der Waals surface area contributed by atoms with E-state index in [-0.39, 0.29) is 17.7 Å². The minimum Gasteiger partial charge on any atom is -0.352 e. The summed E-state index contributed by atoms with van der Waals surface area (Å²) in [6.45, 7) is 5.77. The number of carbonyl (C=O) groups is 2. The fourth-order valence-electron chi connectivity index (χ4n) is 3.00. The monoisotopic (exact) mass is 341 g/mol. The molecule has 1 aliphatic heterocycles. The van der Waals surface area contributed by atoms with Gasteiger partial charge in [0.05, 0.1) is 5.92 Å². The lowest BCUT2D eigenvalue weighted by Gasteiger charge is -2.18. The van der Waals surface area contributed by atoms with E-state index in [2.05, 4.69) is 29.2 Å². The summed E-state index contributed by atoms with van der Waals surface area (Å²) in [6.07, 6.45) is 5.50. The molecule has 0 spiro atoms. The van der Waals surface area contributed by atoms with Gasteiger partial charge in [0.1, 0.15) is 0 Å². The molecule has 7 heteroatoms. The van der Waals surface area contributed by atoms with Gasteiger partial charge in [-0.15, -0.1) is 0 Å². The fourth-order valence-corrected chi connectivity index (χ4v) is 3.00.